The smallest absolute Gasteiger partial charge is 0.312 e. The van der Waals surface area contributed by atoms with E-state index in [1.807, 2.05) is 0 Å². The number of rotatable bonds is 3. The molecule has 2 atom stereocenters. The number of carbonyl (C=O) groups is 2. The molecule has 0 radical (unpaired) electrons. The van der Waals surface area contributed by atoms with E-state index in [2.05, 4.69) is 10.1 Å². The average Bonchev–Trinajstić information content (AvgIpc) is 2.52. The van der Waals surface area contributed by atoms with Crippen molar-refractivity contribution in [3.63, 3.8) is 0 Å². The van der Waals surface area contributed by atoms with Crippen LogP contribution in [-0.4, -0.2) is 25.5 Å². The maximum atomic E-state index is 11.0. The molecule has 0 heterocycles. The lowest BCUT2D eigenvalue weighted by atomic mass is 10.1. The summed E-state index contributed by atoms with van der Waals surface area (Å²) in [6.45, 7) is 0. The molecule has 0 bridgehead atoms. The molecule has 0 aromatic rings. The van der Waals surface area contributed by atoms with Crippen molar-refractivity contribution < 1.29 is 14.3 Å². The van der Waals surface area contributed by atoms with Gasteiger partial charge in [0.1, 0.15) is 0 Å². The Bertz CT molecular complexity index is 212. The van der Waals surface area contributed by atoms with E-state index < -0.39 is 0 Å². The third kappa shape index (κ3) is 1.84. The Morgan fingerprint density at radius 3 is 3.00 bits per heavy atom. The molecular formula is C8H11NO3. The summed E-state index contributed by atoms with van der Waals surface area (Å²) >= 11 is 0. The maximum Gasteiger partial charge on any atom is 0.312 e. The molecule has 0 aliphatic heterocycles. The molecule has 4 nitrogen and oxygen atoms in total. The van der Waals surface area contributed by atoms with E-state index in [1.54, 1.807) is 12.2 Å². The minimum Gasteiger partial charge on any atom is -0.469 e. The van der Waals surface area contributed by atoms with Crippen LogP contribution >= 0.6 is 0 Å². The van der Waals surface area contributed by atoms with Crippen molar-refractivity contribution in [3.05, 3.63) is 12.2 Å². The zero-order valence-electron chi connectivity index (χ0n) is 6.82. The van der Waals surface area contributed by atoms with Crippen molar-refractivity contribution in [1.29, 1.82) is 0 Å². The fourth-order valence-corrected chi connectivity index (χ4v) is 1.24. The minimum atomic E-state index is -0.249. The number of methoxy groups -OCH3 is 1. The molecule has 1 amide bonds. The Morgan fingerprint density at radius 2 is 2.42 bits per heavy atom. The van der Waals surface area contributed by atoms with Gasteiger partial charge in [-0.1, -0.05) is 12.2 Å². The molecule has 1 N–H and O–H groups in total. The van der Waals surface area contributed by atoms with Gasteiger partial charge in [-0.25, -0.2) is 0 Å². The molecule has 1 rings (SSSR count). The number of ether oxygens (including phenoxy) is 1. The highest BCUT2D eigenvalue weighted by Gasteiger charge is 2.24. The second-order valence-corrected chi connectivity index (χ2v) is 2.64. The van der Waals surface area contributed by atoms with E-state index in [0.29, 0.717) is 12.8 Å². The molecule has 0 fully saturated rings. The van der Waals surface area contributed by atoms with Crippen LogP contribution in [-0.2, 0) is 14.3 Å². The van der Waals surface area contributed by atoms with E-state index >= 15 is 0 Å². The van der Waals surface area contributed by atoms with Crippen LogP contribution in [0.15, 0.2) is 12.2 Å². The number of nitrogens with one attached hydrogen (secondary N) is 1. The number of hydrogen-bond donors (Lipinski definition) is 1. The Balaban J connectivity index is 2.41. The molecular weight excluding hydrogens is 158 g/mol. The monoisotopic (exact) mass is 169 g/mol. The Labute approximate surface area is 70.6 Å². The third-order valence-electron chi connectivity index (χ3n) is 1.87. The molecule has 0 saturated heterocycles. The SMILES string of the molecule is COC(=O)C1C=CC(NC=O)C1. The van der Waals surface area contributed by atoms with E-state index in [-0.39, 0.29) is 17.9 Å². The van der Waals surface area contributed by atoms with Crippen LogP contribution in [0.3, 0.4) is 0 Å². The fourth-order valence-electron chi connectivity index (χ4n) is 1.24. The predicted molar refractivity (Wildman–Crippen MR) is 42.3 cm³/mol. The Morgan fingerprint density at radius 1 is 1.67 bits per heavy atom. The lowest BCUT2D eigenvalue weighted by molar-refractivity contribution is -0.143. The first kappa shape index (κ1) is 8.77. The van der Waals surface area contributed by atoms with Crippen LogP contribution in [0.25, 0.3) is 0 Å². The molecule has 12 heavy (non-hydrogen) atoms. The molecule has 66 valence electrons. The number of esters is 1. The minimum absolute atomic E-state index is 0.0217. The molecule has 1 aliphatic carbocycles. The van der Waals surface area contributed by atoms with Crippen LogP contribution in [0, 0.1) is 5.92 Å². The third-order valence-corrected chi connectivity index (χ3v) is 1.87. The summed E-state index contributed by atoms with van der Waals surface area (Å²) in [5.74, 6) is -0.450. The summed E-state index contributed by atoms with van der Waals surface area (Å²) in [7, 11) is 1.36. The lowest BCUT2D eigenvalue weighted by Crippen LogP contribution is -2.26. The van der Waals surface area contributed by atoms with Gasteiger partial charge in [-0.05, 0) is 6.42 Å². The Kier molecular flexibility index (Phi) is 2.85. The zero-order valence-corrected chi connectivity index (χ0v) is 6.82. The van der Waals surface area contributed by atoms with Crippen molar-refractivity contribution in [2.75, 3.05) is 7.11 Å². The summed E-state index contributed by atoms with van der Waals surface area (Å²) in [4.78, 5) is 21.0. The van der Waals surface area contributed by atoms with Crippen LogP contribution in [0.5, 0.6) is 0 Å². The van der Waals surface area contributed by atoms with Crippen LogP contribution in [0.4, 0.5) is 0 Å². The predicted octanol–water partition coefficient (Wildman–Crippen LogP) is -0.150. The lowest BCUT2D eigenvalue weighted by Gasteiger charge is -2.08. The highest BCUT2D eigenvalue weighted by Crippen LogP contribution is 2.18. The van der Waals surface area contributed by atoms with Gasteiger partial charge in [0, 0.05) is 6.04 Å². The van der Waals surface area contributed by atoms with E-state index in [0.717, 1.165) is 0 Å². The van der Waals surface area contributed by atoms with Gasteiger partial charge in [-0.3, -0.25) is 9.59 Å². The van der Waals surface area contributed by atoms with Gasteiger partial charge in [0.2, 0.25) is 6.41 Å². The maximum absolute atomic E-state index is 11.0. The van der Waals surface area contributed by atoms with Gasteiger partial charge < -0.3 is 10.1 Å². The van der Waals surface area contributed by atoms with Gasteiger partial charge in [-0.15, -0.1) is 0 Å². The Hall–Kier alpha value is -1.32. The molecule has 0 aromatic carbocycles. The van der Waals surface area contributed by atoms with Crippen LogP contribution in [0.1, 0.15) is 6.42 Å². The van der Waals surface area contributed by atoms with Crippen molar-refractivity contribution in [2.24, 2.45) is 5.92 Å². The van der Waals surface area contributed by atoms with E-state index in [4.69, 9.17) is 0 Å². The highest BCUT2D eigenvalue weighted by atomic mass is 16.5. The second kappa shape index (κ2) is 3.90. The summed E-state index contributed by atoms with van der Waals surface area (Å²) in [6.07, 6.45) is 4.79. The second-order valence-electron chi connectivity index (χ2n) is 2.64. The van der Waals surface area contributed by atoms with Crippen molar-refractivity contribution in [2.45, 2.75) is 12.5 Å². The van der Waals surface area contributed by atoms with Crippen molar-refractivity contribution >= 4 is 12.4 Å². The number of amides is 1. The van der Waals surface area contributed by atoms with Crippen molar-refractivity contribution in [1.82, 2.24) is 5.32 Å². The summed E-state index contributed by atoms with van der Waals surface area (Å²) in [5.41, 5.74) is 0. The topological polar surface area (TPSA) is 55.4 Å². The van der Waals surface area contributed by atoms with Gasteiger partial charge in [0.15, 0.2) is 0 Å². The van der Waals surface area contributed by atoms with Crippen LogP contribution in [0.2, 0.25) is 0 Å². The molecule has 0 aromatic heterocycles. The van der Waals surface area contributed by atoms with Gasteiger partial charge in [0.05, 0.1) is 13.0 Å². The molecule has 0 spiro atoms. The normalized spacial score (nSPS) is 26.8. The number of hydrogen-bond acceptors (Lipinski definition) is 3. The largest absolute Gasteiger partial charge is 0.469 e. The summed E-state index contributed by atoms with van der Waals surface area (Å²) in [5, 5.41) is 2.58. The first-order chi connectivity index (χ1) is 5.77. The fraction of sp³-hybridized carbons (Fsp3) is 0.500. The zero-order chi connectivity index (χ0) is 8.97. The van der Waals surface area contributed by atoms with E-state index in [9.17, 15) is 9.59 Å². The summed E-state index contributed by atoms with van der Waals surface area (Å²) < 4.78 is 4.55. The highest BCUT2D eigenvalue weighted by molar-refractivity contribution is 5.75. The van der Waals surface area contributed by atoms with Crippen molar-refractivity contribution in [3.8, 4) is 0 Å². The first-order valence-corrected chi connectivity index (χ1v) is 3.73. The molecule has 4 heteroatoms. The molecule has 0 saturated carbocycles. The molecule has 1 aliphatic rings. The standard InChI is InChI=1S/C8H11NO3/c1-12-8(11)6-2-3-7(4-6)9-5-10/h2-3,5-7H,4H2,1H3,(H,9,10). The molecule has 2 unspecified atom stereocenters. The van der Waals surface area contributed by atoms with Crippen LogP contribution < -0.4 is 5.32 Å². The quantitative estimate of drug-likeness (QED) is 0.363. The number of carbonyl (C=O) groups excluding carboxylic acids is 2. The summed E-state index contributed by atoms with van der Waals surface area (Å²) in [6, 6.07) is -0.0217. The average molecular weight is 169 g/mol. The first-order valence-electron chi connectivity index (χ1n) is 3.73. The van der Waals surface area contributed by atoms with Gasteiger partial charge in [-0.2, -0.15) is 0 Å². The van der Waals surface area contributed by atoms with Gasteiger partial charge in [0.25, 0.3) is 0 Å². The van der Waals surface area contributed by atoms with Gasteiger partial charge >= 0.3 is 5.97 Å². The van der Waals surface area contributed by atoms with E-state index in [1.165, 1.54) is 7.11 Å².